The third kappa shape index (κ3) is 5.28. The van der Waals surface area contributed by atoms with Gasteiger partial charge in [0.05, 0.1) is 4.92 Å². The molecule has 7 heteroatoms. The molecule has 0 saturated carbocycles. The molecular formula is C17H19N3O4. The molecule has 2 aromatic rings. The van der Waals surface area contributed by atoms with Gasteiger partial charge in [0, 0.05) is 30.9 Å². The molecule has 2 aromatic carbocycles. The topological polar surface area (TPSA) is 93.5 Å². The summed E-state index contributed by atoms with van der Waals surface area (Å²) >= 11 is 0. The van der Waals surface area contributed by atoms with E-state index in [1.807, 2.05) is 18.2 Å². The number of non-ortho nitro benzene ring substituents is 1. The summed E-state index contributed by atoms with van der Waals surface area (Å²) in [5, 5.41) is 16.4. The highest BCUT2D eigenvalue weighted by atomic mass is 16.6. The van der Waals surface area contributed by atoms with Crippen LogP contribution in [0, 0.1) is 10.1 Å². The van der Waals surface area contributed by atoms with Crippen molar-refractivity contribution in [2.75, 3.05) is 18.4 Å². The highest BCUT2D eigenvalue weighted by Crippen LogP contribution is 2.15. The summed E-state index contributed by atoms with van der Waals surface area (Å²) in [6.45, 7) is 2.60. The van der Waals surface area contributed by atoms with Crippen molar-refractivity contribution in [2.45, 2.75) is 13.0 Å². The number of ether oxygens (including phenoxy) is 1. The first-order chi connectivity index (χ1) is 11.6. The summed E-state index contributed by atoms with van der Waals surface area (Å²) in [7, 11) is 0. The smallest absolute Gasteiger partial charge is 0.269 e. The second-order valence-corrected chi connectivity index (χ2v) is 5.09. The van der Waals surface area contributed by atoms with Gasteiger partial charge in [0.1, 0.15) is 5.75 Å². The predicted molar refractivity (Wildman–Crippen MR) is 91.1 cm³/mol. The Morgan fingerprint density at radius 2 is 1.79 bits per heavy atom. The zero-order chi connectivity index (χ0) is 17.4. The number of hydrogen-bond donors (Lipinski definition) is 2. The lowest BCUT2D eigenvalue weighted by Gasteiger charge is -2.15. The molecular weight excluding hydrogens is 310 g/mol. The zero-order valence-corrected chi connectivity index (χ0v) is 13.3. The highest BCUT2D eigenvalue weighted by Gasteiger charge is 2.13. The van der Waals surface area contributed by atoms with Gasteiger partial charge in [-0.1, -0.05) is 18.2 Å². The van der Waals surface area contributed by atoms with Crippen molar-refractivity contribution in [3.8, 4) is 5.75 Å². The Labute approximate surface area is 139 Å². The summed E-state index contributed by atoms with van der Waals surface area (Å²) in [5.74, 6) is 0.438. The number of para-hydroxylation sites is 1. The number of nitro groups is 1. The van der Waals surface area contributed by atoms with Crippen LogP contribution in [-0.4, -0.2) is 30.0 Å². The van der Waals surface area contributed by atoms with E-state index >= 15 is 0 Å². The number of anilines is 1. The SMILES string of the molecule is C[C@@H](Oc1ccccc1)C(=O)NCCNc1ccc([N+](=O)[O-])cc1. The van der Waals surface area contributed by atoms with Crippen LogP contribution >= 0.6 is 0 Å². The fourth-order valence-electron chi connectivity index (χ4n) is 1.99. The maximum absolute atomic E-state index is 11.9. The summed E-state index contributed by atoms with van der Waals surface area (Å²) < 4.78 is 5.53. The first kappa shape index (κ1) is 17.3. The molecule has 0 spiro atoms. The van der Waals surface area contributed by atoms with E-state index < -0.39 is 11.0 Å². The number of rotatable bonds is 8. The molecule has 0 aliphatic carbocycles. The minimum absolute atomic E-state index is 0.0424. The molecule has 1 amide bonds. The van der Waals surface area contributed by atoms with E-state index in [1.54, 1.807) is 31.2 Å². The van der Waals surface area contributed by atoms with Crippen molar-refractivity contribution in [1.82, 2.24) is 5.32 Å². The molecule has 0 aliphatic rings. The fraction of sp³-hybridized carbons (Fsp3) is 0.235. The fourth-order valence-corrected chi connectivity index (χ4v) is 1.99. The van der Waals surface area contributed by atoms with Crippen LogP contribution in [0.1, 0.15) is 6.92 Å². The first-order valence-electron chi connectivity index (χ1n) is 7.54. The molecule has 2 N–H and O–H groups in total. The maximum Gasteiger partial charge on any atom is 0.269 e. The van der Waals surface area contributed by atoms with Gasteiger partial charge in [0.25, 0.3) is 11.6 Å². The Morgan fingerprint density at radius 1 is 1.12 bits per heavy atom. The molecule has 126 valence electrons. The summed E-state index contributed by atoms with van der Waals surface area (Å²) in [6.07, 6.45) is -0.591. The van der Waals surface area contributed by atoms with Crippen LogP contribution in [0.25, 0.3) is 0 Å². The minimum atomic E-state index is -0.591. The predicted octanol–water partition coefficient (Wildman–Crippen LogP) is 2.59. The Morgan fingerprint density at radius 3 is 2.42 bits per heavy atom. The van der Waals surface area contributed by atoms with E-state index in [2.05, 4.69) is 10.6 Å². The summed E-state index contributed by atoms with van der Waals surface area (Å²) in [6, 6.07) is 15.2. The molecule has 0 aromatic heterocycles. The summed E-state index contributed by atoms with van der Waals surface area (Å²) in [4.78, 5) is 22.1. The molecule has 0 unspecified atom stereocenters. The molecule has 0 aliphatic heterocycles. The lowest BCUT2D eigenvalue weighted by molar-refractivity contribution is -0.384. The molecule has 7 nitrogen and oxygen atoms in total. The standard InChI is InChI=1S/C17H19N3O4/c1-13(24-16-5-3-2-4-6-16)17(21)19-12-11-18-14-7-9-15(10-8-14)20(22)23/h2-10,13,18H,11-12H2,1H3,(H,19,21)/t13-/m1/s1. The number of nitro benzene ring substituents is 1. The largest absolute Gasteiger partial charge is 0.481 e. The zero-order valence-electron chi connectivity index (χ0n) is 13.3. The van der Waals surface area contributed by atoms with E-state index in [1.165, 1.54) is 12.1 Å². The van der Waals surface area contributed by atoms with Crippen LogP contribution < -0.4 is 15.4 Å². The number of nitrogens with zero attached hydrogens (tertiary/aromatic N) is 1. The average Bonchev–Trinajstić information content (AvgIpc) is 2.59. The van der Waals surface area contributed by atoms with Gasteiger partial charge < -0.3 is 15.4 Å². The number of hydrogen-bond acceptors (Lipinski definition) is 5. The van der Waals surface area contributed by atoms with Gasteiger partial charge in [0.2, 0.25) is 0 Å². The van der Waals surface area contributed by atoms with Crippen molar-refractivity contribution in [3.05, 3.63) is 64.7 Å². The molecule has 2 rings (SSSR count). The molecule has 0 saturated heterocycles. The third-order valence-electron chi connectivity index (χ3n) is 3.26. The van der Waals surface area contributed by atoms with Crippen LogP contribution in [0.2, 0.25) is 0 Å². The maximum atomic E-state index is 11.9. The Kier molecular flexibility index (Phi) is 6.13. The van der Waals surface area contributed by atoms with Crippen molar-refractivity contribution >= 4 is 17.3 Å². The van der Waals surface area contributed by atoms with Gasteiger partial charge in [-0.25, -0.2) is 0 Å². The van der Waals surface area contributed by atoms with E-state index in [9.17, 15) is 14.9 Å². The van der Waals surface area contributed by atoms with Crippen molar-refractivity contribution < 1.29 is 14.5 Å². The van der Waals surface area contributed by atoms with Crippen LogP contribution in [0.4, 0.5) is 11.4 Å². The third-order valence-corrected chi connectivity index (χ3v) is 3.26. The molecule has 1 atom stereocenters. The Hall–Kier alpha value is -3.09. The van der Waals surface area contributed by atoms with Gasteiger partial charge in [0.15, 0.2) is 6.10 Å². The van der Waals surface area contributed by atoms with Gasteiger partial charge in [-0.15, -0.1) is 0 Å². The van der Waals surface area contributed by atoms with Gasteiger partial charge >= 0.3 is 0 Å². The van der Waals surface area contributed by atoms with Crippen LogP contribution in [0.3, 0.4) is 0 Å². The quantitative estimate of drug-likeness (QED) is 0.441. The summed E-state index contributed by atoms with van der Waals surface area (Å²) in [5.41, 5.74) is 0.796. The van der Waals surface area contributed by atoms with Gasteiger partial charge in [-0.05, 0) is 31.2 Å². The number of benzene rings is 2. The highest BCUT2D eigenvalue weighted by molar-refractivity contribution is 5.80. The number of amides is 1. The molecule has 0 heterocycles. The molecule has 0 radical (unpaired) electrons. The van der Waals surface area contributed by atoms with E-state index in [-0.39, 0.29) is 11.6 Å². The molecule has 0 bridgehead atoms. The average molecular weight is 329 g/mol. The van der Waals surface area contributed by atoms with Crippen LogP contribution in [0.15, 0.2) is 54.6 Å². The van der Waals surface area contributed by atoms with Crippen LogP contribution in [-0.2, 0) is 4.79 Å². The lowest BCUT2D eigenvalue weighted by atomic mass is 10.3. The first-order valence-corrected chi connectivity index (χ1v) is 7.54. The second-order valence-electron chi connectivity index (χ2n) is 5.09. The van der Waals surface area contributed by atoms with Crippen molar-refractivity contribution in [1.29, 1.82) is 0 Å². The van der Waals surface area contributed by atoms with Crippen LogP contribution in [0.5, 0.6) is 5.75 Å². The normalized spacial score (nSPS) is 11.4. The molecule has 24 heavy (non-hydrogen) atoms. The van der Waals surface area contributed by atoms with Crippen molar-refractivity contribution in [3.63, 3.8) is 0 Å². The van der Waals surface area contributed by atoms with Crippen molar-refractivity contribution in [2.24, 2.45) is 0 Å². The van der Waals surface area contributed by atoms with E-state index in [0.29, 0.717) is 18.8 Å². The number of nitrogens with one attached hydrogen (secondary N) is 2. The monoisotopic (exact) mass is 329 g/mol. The second kappa shape index (κ2) is 8.52. The van der Waals surface area contributed by atoms with Gasteiger partial charge in [-0.2, -0.15) is 0 Å². The minimum Gasteiger partial charge on any atom is -0.481 e. The van der Waals surface area contributed by atoms with E-state index in [4.69, 9.17) is 4.74 Å². The molecule has 0 fully saturated rings. The lowest BCUT2D eigenvalue weighted by Crippen LogP contribution is -2.38. The number of carbonyl (C=O) groups is 1. The van der Waals surface area contributed by atoms with Gasteiger partial charge in [-0.3, -0.25) is 14.9 Å². The Bertz CT molecular complexity index is 674. The number of carbonyl (C=O) groups excluding carboxylic acids is 1. The van der Waals surface area contributed by atoms with E-state index in [0.717, 1.165) is 5.69 Å². The Balaban J connectivity index is 1.69.